The maximum absolute atomic E-state index is 11.7. The summed E-state index contributed by atoms with van der Waals surface area (Å²) in [6, 6.07) is 11.5. The molecule has 190 valence electrons. The van der Waals surface area contributed by atoms with Crippen molar-refractivity contribution in [2.45, 2.75) is 77.2 Å². The highest BCUT2D eigenvalue weighted by Crippen LogP contribution is 2.41. The van der Waals surface area contributed by atoms with E-state index < -0.39 is 16.9 Å². The third kappa shape index (κ3) is 7.14. The van der Waals surface area contributed by atoms with Crippen molar-refractivity contribution in [3.8, 4) is 17.2 Å². The van der Waals surface area contributed by atoms with Gasteiger partial charge in [0, 0.05) is 12.5 Å². The van der Waals surface area contributed by atoms with Gasteiger partial charge in [0.2, 0.25) is 0 Å². The van der Waals surface area contributed by atoms with E-state index >= 15 is 0 Å². The number of alkyl halides is 1. The number of fused-ring (bicyclic) bond motifs is 1. The summed E-state index contributed by atoms with van der Waals surface area (Å²) in [5.74, 6) is 1.36. The average molecular weight is 503 g/mol. The molecule has 0 saturated carbocycles. The zero-order chi connectivity index (χ0) is 25.8. The summed E-state index contributed by atoms with van der Waals surface area (Å²) in [6.07, 6.45) is 1.95. The lowest BCUT2D eigenvalue weighted by molar-refractivity contribution is -0.142. The molecule has 1 aliphatic heterocycles. The van der Waals surface area contributed by atoms with Crippen molar-refractivity contribution in [3.05, 3.63) is 53.1 Å². The van der Waals surface area contributed by atoms with Crippen LogP contribution in [0.25, 0.3) is 0 Å². The number of aryl methyl sites for hydroxylation is 1. The van der Waals surface area contributed by atoms with Crippen molar-refractivity contribution >= 4 is 23.5 Å². The SMILES string of the molecule is CCOC(=O)C(Cl)Cc1ccc(OCC2(C)CCc3cc(OC(C)=O)c(C(C)(C)C)cc3O2)cc1. The van der Waals surface area contributed by atoms with Crippen molar-refractivity contribution in [1.82, 2.24) is 0 Å². The lowest BCUT2D eigenvalue weighted by Gasteiger charge is -2.36. The highest BCUT2D eigenvalue weighted by atomic mass is 35.5. The molecule has 2 atom stereocenters. The summed E-state index contributed by atoms with van der Waals surface area (Å²) in [6.45, 7) is 12.1. The maximum Gasteiger partial charge on any atom is 0.324 e. The Bertz CT molecular complexity index is 1060. The molecule has 35 heavy (non-hydrogen) atoms. The van der Waals surface area contributed by atoms with E-state index in [0.717, 1.165) is 35.3 Å². The van der Waals surface area contributed by atoms with Crippen molar-refractivity contribution in [1.29, 1.82) is 0 Å². The Balaban J connectivity index is 1.67. The molecule has 0 fully saturated rings. The van der Waals surface area contributed by atoms with Crippen LogP contribution in [0.5, 0.6) is 17.2 Å². The first-order chi connectivity index (χ1) is 16.4. The van der Waals surface area contributed by atoms with Gasteiger partial charge in [-0.15, -0.1) is 11.6 Å². The van der Waals surface area contributed by atoms with Gasteiger partial charge in [0.15, 0.2) is 0 Å². The van der Waals surface area contributed by atoms with Gasteiger partial charge in [-0.25, -0.2) is 0 Å². The molecule has 6 nitrogen and oxygen atoms in total. The molecule has 0 bridgehead atoms. The van der Waals surface area contributed by atoms with Gasteiger partial charge in [0.1, 0.15) is 34.8 Å². The van der Waals surface area contributed by atoms with Gasteiger partial charge in [0.25, 0.3) is 0 Å². The van der Waals surface area contributed by atoms with Crippen LogP contribution in [0, 0.1) is 0 Å². The van der Waals surface area contributed by atoms with Crippen molar-refractivity contribution in [3.63, 3.8) is 0 Å². The standard InChI is InChI=1S/C28H35ClO6/c1-7-32-26(31)23(29)14-19-8-10-21(11-9-19)33-17-28(6)13-12-20-15-25(34-18(2)30)22(27(3,4)5)16-24(20)35-28/h8-11,15-16,23H,7,12-14,17H2,1-6H3. The fourth-order valence-electron chi connectivity index (χ4n) is 4.02. The molecule has 0 radical (unpaired) electrons. The first-order valence-corrected chi connectivity index (χ1v) is 12.4. The zero-order valence-electron chi connectivity index (χ0n) is 21.4. The van der Waals surface area contributed by atoms with Crippen LogP contribution in [0.15, 0.2) is 36.4 Å². The fourth-order valence-corrected chi connectivity index (χ4v) is 4.26. The summed E-state index contributed by atoms with van der Waals surface area (Å²) in [5.41, 5.74) is 2.15. The van der Waals surface area contributed by atoms with E-state index in [1.807, 2.05) is 43.3 Å². The number of hydrogen-bond acceptors (Lipinski definition) is 6. The molecular weight excluding hydrogens is 468 g/mol. The van der Waals surface area contributed by atoms with Crippen LogP contribution in [0.3, 0.4) is 0 Å². The van der Waals surface area contributed by atoms with Crippen LogP contribution in [0.2, 0.25) is 0 Å². The predicted octanol–water partition coefficient (Wildman–Crippen LogP) is 5.79. The van der Waals surface area contributed by atoms with Gasteiger partial charge < -0.3 is 18.9 Å². The molecular formula is C28H35ClO6. The minimum Gasteiger partial charge on any atom is -0.489 e. The Morgan fingerprint density at radius 1 is 1.17 bits per heavy atom. The third-order valence-corrected chi connectivity index (χ3v) is 6.26. The molecule has 2 aromatic rings. The number of esters is 2. The molecule has 1 aliphatic rings. The van der Waals surface area contributed by atoms with Gasteiger partial charge in [-0.2, -0.15) is 0 Å². The van der Waals surface area contributed by atoms with Crippen molar-refractivity contribution < 1.29 is 28.5 Å². The van der Waals surface area contributed by atoms with Crippen LogP contribution in [-0.2, 0) is 32.6 Å². The number of hydrogen-bond donors (Lipinski definition) is 0. The van der Waals surface area contributed by atoms with Crippen LogP contribution in [0.1, 0.15) is 64.7 Å². The van der Waals surface area contributed by atoms with Gasteiger partial charge >= 0.3 is 11.9 Å². The summed E-state index contributed by atoms with van der Waals surface area (Å²) in [5, 5.41) is -0.712. The topological polar surface area (TPSA) is 71.1 Å². The number of ether oxygens (including phenoxy) is 4. The molecule has 0 spiro atoms. The number of carbonyl (C=O) groups excluding carboxylic acids is 2. The van der Waals surface area contributed by atoms with E-state index in [1.54, 1.807) is 6.92 Å². The van der Waals surface area contributed by atoms with Gasteiger partial charge in [-0.3, -0.25) is 9.59 Å². The first kappa shape index (κ1) is 26.9. The van der Waals surface area contributed by atoms with E-state index in [-0.39, 0.29) is 11.4 Å². The number of halogens is 1. The molecule has 1 heterocycles. The molecule has 2 aromatic carbocycles. The fraction of sp³-hybridized carbons (Fsp3) is 0.500. The molecule has 0 N–H and O–H groups in total. The van der Waals surface area contributed by atoms with Crippen molar-refractivity contribution in [2.24, 2.45) is 0 Å². The third-order valence-electron chi connectivity index (χ3n) is 5.93. The summed E-state index contributed by atoms with van der Waals surface area (Å²) < 4.78 is 23.0. The minimum absolute atomic E-state index is 0.218. The second kappa shape index (κ2) is 10.9. The van der Waals surface area contributed by atoms with Crippen LogP contribution < -0.4 is 14.2 Å². The highest BCUT2D eigenvalue weighted by molar-refractivity contribution is 6.30. The lowest BCUT2D eigenvalue weighted by Crippen LogP contribution is -2.42. The Morgan fingerprint density at radius 3 is 2.46 bits per heavy atom. The Labute approximate surface area is 212 Å². The normalized spacial score (nSPS) is 18.1. The predicted molar refractivity (Wildman–Crippen MR) is 136 cm³/mol. The van der Waals surface area contributed by atoms with E-state index in [2.05, 4.69) is 20.8 Å². The average Bonchev–Trinajstić information content (AvgIpc) is 2.77. The monoisotopic (exact) mass is 502 g/mol. The Kier molecular flexibility index (Phi) is 8.37. The van der Waals surface area contributed by atoms with E-state index in [0.29, 0.717) is 31.1 Å². The van der Waals surface area contributed by atoms with E-state index in [9.17, 15) is 9.59 Å². The highest BCUT2D eigenvalue weighted by Gasteiger charge is 2.34. The summed E-state index contributed by atoms with van der Waals surface area (Å²) in [7, 11) is 0. The largest absolute Gasteiger partial charge is 0.489 e. The zero-order valence-corrected chi connectivity index (χ0v) is 22.2. The van der Waals surface area contributed by atoms with E-state index in [4.69, 9.17) is 30.5 Å². The van der Waals surface area contributed by atoms with E-state index in [1.165, 1.54) is 6.92 Å². The molecule has 3 rings (SSSR count). The van der Waals surface area contributed by atoms with Crippen LogP contribution >= 0.6 is 11.6 Å². The lowest BCUT2D eigenvalue weighted by atomic mass is 9.83. The van der Waals surface area contributed by atoms with Gasteiger partial charge in [-0.05, 0) is 73.9 Å². The molecule has 0 aliphatic carbocycles. The number of benzene rings is 2. The smallest absolute Gasteiger partial charge is 0.324 e. The Hall–Kier alpha value is -2.73. The molecule has 0 aromatic heterocycles. The van der Waals surface area contributed by atoms with Gasteiger partial charge in [-0.1, -0.05) is 32.9 Å². The Morgan fingerprint density at radius 2 is 1.86 bits per heavy atom. The van der Waals surface area contributed by atoms with Gasteiger partial charge in [0.05, 0.1) is 6.61 Å². The van der Waals surface area contributed by atoms with Crippen LogP contribution in [0.4, 0.5) is 0 Å². The molecule has 7 heteroatoms. The molecule has 0 saturated heterocycles. The quantitative estimate of drug-likeness (QED) is 0.258. The second-order valence-corrected chi connectivity index (χ2v) is 10.7. The second-order valence-electron chi connectivity index (χ2n) is 10.2. The molecule has 0 amide bonds. The molecule has 2 unspecified atom stereocenters. The van der Waals surface area contributed by atoms with Crippen LogP contribution in [-0.4, -0.2) is 36.1 Å². The minimum atomic E-state index is -0.712. The number of rotatable bonds is 8. The summed E-state index contributed by atoms with van der Waals surface area (Å²) in [4.78, 5) is 23.4. The van der Waals surface area contributed by atoms with Crippen molar-refractivity contribution in [2.75, 3.05) is 13.2 Å². The summed E-state index contributed by atoms with van der Waals surface area (Å²) >= 11 is 6.13. The number of carbonyl (C=O) groups is 2. The maximum atomic E-state index is 11.7. The first-order valence-electron chi connectivity index (χ1n) is 12.0.